The number of carbonyl (C=O) groups is 10. The highest BCUT2D eigenvalue weighted by Gasteiger charge is 2.40. The largest absolute Gasteiger partial charge is 0.481 e. The second-order valence-electron chi connectivity index (χ2n) is 25.9. The number of benzodiazepines with no additional fused rings is 2. The van der Waals surface area contributed by atoms with Gasteiger partial charge in [0.15, 0.2) is 17.7 Å². The summed E-state index contributed by atoms with van der Waals surface area (Å²) < 4.78 is 20.8. The third-order valence-electron chi connectivity index (χ3n) is 14.1. The van der Waals surface area contributed by atoms with Crippen molar-refractivity contribution in [1.29, 1.82) is 0 Å². The molecule has 0 fully saturated rings. The summed E-state index contributed by atoms with van der Waals surface area (Å²) in [5, 5.41) is 18.0. The van der Waals surface area contributed by atoms with Crippen LogP contribution in [0.3, 0.4) is 0 Å². The number of Topliss-reactive ketones (excluding diaryl/α,β-unsaturated/α-hetero) is 2. The molecule has 4 heterocycles. The SMILES string of the molecule is CC(=O)O.CC(=O)OCC(C)(C)C(=O)CN1C(=O)[C@H](N)N=C(c2ccccn2)c2ccccc21.CC(=O)OCC(C)(C)C(=O)CN1C(=O)[C@H](NC(=O)Nc2cccc(N(C)C(=O)OC(C)(C)C)c2)N=C(c2ccccn2)c2ccccc21.CN(C(=O)OC(C)(C)C)c1cccc(N)c1.Cl.N/N=N/N. The summed E-state index contributed by atoms with van der Waals surface area (Å²) in [6, 6.07) is 37.6. The van der Waals surface area contributed by atoms with E-state index in [-0.39, 0.29) is 50.3 Å². The topological polar surface area (TPSA) is 444 Å². The number of esters is 2. The number of nitrogen functional groups attached to an aromatic ring is 1. The molecule has 0 saturated carbocycles. The van der Waals surface area contributed by atoms with Crippen molar-refractivity contribution in [2.75, 3.05) is 71.0 Å². The fourth-order valence-corrected chi connectivity index (χ4v) is 8.84. The lowest BCUT2D eigenvalue weighted by molar-refractivity contribution is -0.148. The molecule has 103 heavy (non-hydrogen) atoms. The molecule has 6 amide bonds. The highest BCUT2D eigenvalue weighted by atomic mass is 35.5. The smallest absolute Gasteiger partial charge is 0.414 e. The number of carboxylic acid groups (broad SMARTS) is 1. The fourth-order valence-electron chi connectivity index (χ4n) is 8.84. The first-order valence-corrected chi connectivity index (χ1v) is 31.6. The number of aliphatic imine (C=N–C) groups is 2. The first-order valence-electron chi connectivity index (χ1n) is 31.6. The number of anilines is 6. The molecule has 2 aliphatic rings. The second kappa shape index (κ2) is 38.7. The predicted octanol–water partition coefficient (Wildman–Crippen LogP) is 8.99. The van der Waals surface area contributed by atoms with E-state index in [1.54, 1.807) is 190 Å². The fraction of sp³-hybridized carbons (Fsp3) is 0.352. The molecule has 4 aromatic carbocycles. The Kier molecular flexibility index (Phi) is 32.2. The molecule has 0 aliphatic carbocycles. The number of hydrogen-bond donors (Lipinski definition) is 7. The quantitative estimate of drug-likeness (QED) is 0.0119. The van der Waals surface area contributed by atoms with Crippen molar-refractivity contribution in [2.45, 2.75) is 114 Å². The summed E-state index contributed by atoms with van der Waals surface area (Å²) in [6.07, 6.45) is -0.391. The van der Waals surface area contributed by atoms with Crippen molar-refractivity contribution in [3.8, 4) is 0 Å². The highest BCUT2D eigenvalue weighted by Crippen LogP contribution is 2.32. The monoisotopic (exact) mass is 1440 g/mol. The number of pyridine rings is 2. The first kappa shape index (κ1) is 85.5. The van der Waals surface area contributed by atoms with E-state index in [9.17, 15) is 43.2 Å². The van der Waals surface area contributed by atoms with Crippen LogP contribution in [-0.2, 0) is 52.5 Å². The minimum atomic E-state index is -1.47. The van der Waals surface area contributed by atoms with Crippen molar-refractivity contribution in [2.24, 2.45) is 48.7 Å². The number of aromatic nitrogens is 2. The number of hydrogen-bond acceptors (Lipinski definition) is 22. The molecule has 2 aromatic heterocycles. The number of benzene rings is 4. The molecular weight excluding hydrogens is 1350 g/mol. The molecule has 2 atom stereocenters. The van der Waals surface area contributed by atoms with E-state index >= 15 is 0 Å². The lowest BCUT2D eigenvalue weighted by atomic mass is 9.88. The van der Waals surface area contributed by atoms with E-state index in [2.05, 4.69) is 52.7 Å². The number of halogens is 1. The predicted molar refractivity (Wildman–Crippen MR) is 392 cm³/mol. The Morgan fingerprint density at radius 1 is 0.563 bits per heavy atom. The van der Waals surface area contributed by atoms with Gasteiger partial charge < -0.3 is 67.6 Å². The van der Waals surface area contributed by atoms with Gasteiger partial charge in [-0.15, -0.1) is 12.4 Å². The van der Waals surface area contributed by atoms with Gasteiger partial charge in [-0.2, -0.15) is 0 Å². The molecular formula is C71H91ClN16O15. The maximum Gasteiger partial charge on any atom is 0.414 e. The Morgan fingerprint density at radius 2 is 0.961 bits per heavy atom. The summed E-state index contributed by atoms with van der Waals surface area (Å²) in [4.78, 5) is 146. The van der Waals surface area contributed by atoms with Gasteiger partial charge in [-0.05, 0) is 142 Å². The minimum Gasteiger partial charge on any atom is -0.481 e. The summed E-state index contributed by atoms with van der Waals surface area (Å²) >= 11 is 0. The number of ketones is 2. The van der Waals surface area contributed by atoms with Crippen molar-refractivity contribution < 1.29 is 72.0 Å². The van der Waals surface area contributed by atoms with E-state index in [0.717, 1.165) is 6.92 Å². The summed E-state index contributed by atoms with van der Waals surface area (Å²) in [5.41, 5.74) is 14.5. The number of para-hydroxylation sites is 2. The molecule has 0 unspecified atom stereocenters. The third kappa shape index (κ3) is 27.0. The van der Waals surface area contributed by atoms with Crippen LogP contribution >= 0.6 is 12.4 Å². The van der Waals surface area contributed by atoms with E-state index < -0.39 is 82.3 Å². The van der Waals surface area contributed by atoms with E-state index in [4.69, 9.17) is 40.3 Å². The number of nitrogens with one attached hydrogen (secondary N) is 2. The zero-order valence-corrected chi connectivity index (χ0v) is 61.0. The normalized spacial score (nSPS) is 13.9. The average Bonchev–Trinajstić information content (AvgIpc) is 1.67. The number of amides is 6. The Hall–Kier alpha value is -11.7. The molecule has 0 bridgehead atoms. The standard InChI is InChI=1S/C35H40N6O7.C22H24N4O4.C12H18N2O2.C2H4O2.ClH.H4N4/c1-22(42)47-21-35(5,6)28(43)20-41-27-17-9-8-15-25(27)29(26-16-10-11-18-36-26)38-30(31(41)44)39-32(45)37-23-13-12-14-24(19-23)40(7)33(46)48-34(2,3)4;1-14(27)30-13-22(2,3)18(28)12-26-17-10-5-4-8-15(17)19(25-20(23)21(26)29)16-9-6-7-11-24-16;1-12(2,3)16-11(15)14(4)10-7-5-6-9(13)8-10;1-2(3)4;;1-3-4-2/h8-19,30H,20-21H2,1-7H3,(H2,37,39,45);4-11,20H,12-13,23H2,1-3H3;5-8H,13H2,1-4H3;1H3,(H,3,4);1H;(H2,1,4)(H2,2,3)/t30-;20-;;;;/m01..../s1. The van der Waals surface area contributed by atoms with Gasteiger partial charge >= 0.3 is 30.2 Å². The Bertz CT molecular complexity index is 4040. The van der Waals surface area contributed by atoms with Crippen molar-refractivity contribution in [3.63, 3.8) is 0 Å². The third-order valence-corrected chi connectivity index (χ3v) is 14.1. The van der Waals surface area contributed by atoms with Crippen LogP contribution in [0.1, 0.15) is 113 Å². The van der Waals surface area contributed by atoms with Gasteiger partial charge in [-0.25, -0.2) is 19.4 Å². The number of aliphatic carboxylic acids is 1. The number of rotatable bonds is 16. The van der Waals surface area contributed by atoms with Crippen molar-refractivity contribution in [1.82, 2.24) is 15.3 Å². The highest BCUT2D eigenvalue weighted by molar-refractivity contribution is 6.21. The molecule has 552 valence electrons. The van der Waals surface area contributed by atoms with E-state index in [0.29, 0.717) is 68.1 Å². The van der Waals surface area contributed by atoms with Crippen LogP contribution in [0.5, 0.6) is 0 Å². The zero-order chi connectivity index (χ0) is 76.5. The van der Waals surface area contributed by atoms with Crippen LogP contribution in [0.15, 0.2) is 166 Å². The molecule has 32 heteroatoms. The Labute approximate surface area is 603 Å². The van der Waals surface area contributed by atoms with Gasteiger partial charge in [0.1, 0.15) is 24.4 Å². The molecule has 0 spiro atoms. The number of ether oxygens (including phenoxy) is 4. The molecule has 8 rings (SSSR count). The number of nitrogens with zero attached hydrogens (tertiary/aromatic N) is 10. The van der Waals surface area contributed by atoms with E-state index in [1.165, 1.54) is 33.4 Å². The van der Waals surface area contributed by atoms with Crippen LogP contribution in [0.4, 0.5) is 48.5 Å². The Balaban J connectivity index is 0.000000423. The lowest BCUT2D eigenvalue weighted by Crippen LogP contribution is -2.51. The average molecular weight is 1440 g/mol. The van der Waals surface area contributed by atoms with Gasteiger partial charge in [-0.1, -0.05) is 71.1 Å². The van der Waals surface area contributed by atoms with Crippen molar-refractivity contribution in [3.05, 3.63) is 168 Å². The van der Waals surface area contributed by atoms with Crippen LogP contribution in [0.2, 0.25) is 0 Å². The second-order valence-corrected chi connectivity index (χ2v) is 25.9. The molecule has 31 nitrogen and oxygen atoms in total. The maximum atomic E-state index is 14.2. The first-order chi connectivity index (χ1) is 47.7. The number of nitrogens with two attached hydrogens (primary N) is 4. The molecule has 0 radical (unpaired) electrons. The van der Waals surface area contributed by atoms with Gasteiger partial charge in [0, 0.05) is 81.1 Å². The molecule has 11 N–H and O–H groups in total. The maximum absolute atomic E-state index is 14.2. The zero-order valence-electron chi connectivity index (χ0n) is 60.2. The summed E-state index contributed by atoms with van der Waals surface area (Å²) in [5.74, 6) is 5.09. The number of urea groups is 1. The van der Waals surface area contributed by atoms with Gasteiger partial charge in [0.2, 0.25) is 6.17 Å². The van der Waals surface area contributed by atoms with Gasteiger partial charge in [0.25, 0.3) is 17.8 Å². The molecule has 6 aromatic rings. The summed E-state index contributed by atoms with van der Waals surface area (Å²) in [7, 11) is 3.20. The van der Waals surface area contributed by atoms with Gasteiger partial charge in [0.05, 0.1) is 58.1 Å². The number of carboxylic acids is 1. The number of carbonyl (C=O) groups excluding carboxylic acids is 9. The van der Waals surface area contributed by atoms with Crippen LogP contribution in [0, 0.1) is 10.8 Å². The Morgan fingerprint density at radius 3 is 1.36 bits per heavy atom. The molecule has 0 saturated heterocycles. The summed E-state index contributed by atoms with van der Waals surface area (Å²) in [6.45, 7) is 20.1. The number of fused-ring (bicyclic) bond motifs is 2. The van der Waals surface area contributed by atoms with Crippen LogP contribution < -0.4 is 53.4 Å². The van der Waals surface area contributed by atoms with Crippen LogP contribution in [-0.4, -0.2) is 150 Å². The van der Waals surface area contributed by atoms with Crippen LogP contribution in [0.25, 0.3) is 0 Å². The minimum absolute atomic E-state index is 0. The lowest BCUT2D eigenvalue weighted by Gasteiger charge is -2.29. The van der Waals surface area contributed by atoms with E-state index in [1.807, 2.05) is 39.0 Å². The van der Waals surface area contributed by atoms with Crippen molar-refractivity contribution >= 4 is 117 Å². The van der Waals surface area contributed by atoms with Gasteiger partial charge in [-0.3, -0.25) is 58.3 Å². The molecule has 2 aliphatic heterocycles.